The van der Waals surface area contributed by atoms with Gasteiger partial charge in [-0.05, 0) is 36.8 Å². The van der Waals surface area contributed by atoms with Crippen LogP contribution in [0.1, 0.15) is 15.9 Å². The first-order chi connectivity index (χ1) is 9.47. The highest BCUT2D eigenvalue weighted by Gasteiger charge is 2.19. The fourth-order valence-corrected chi connectivity index (χ4v) is 2.44. The third-order valence-electron chi connectivity index (χ3n) is 2.65. The van der Waals surface area contributed by atoms with Gasteiger partial charge in [0.2, 0.25) is 0 Å². The van der Waals surface area contributed by atoms with Crippen molar-refractivity contribution in [2.45, 2.75) is 6.92 Å². The van der Waals surface area contributed by atoms with E-state index in [9.17, 15) is 14.9 Å². The van der Waals surface area contributed by atoms with Crippen molar-refractivity contribution in [1.82, 2.24) is 0 Å². The highest BCUT2D eigenvalue weighted by atomic mass is 79.9. The van der Waals surface area contributed by atoms with Crippen LogP contribution in [0.25, 0.3) is 0 Å². The fraction of sp³-hybridized carbons (Fsp3) is 0.0714. The van der Waals surface area contributed by atoms with E-state index < -0.39 is 10.8 Å². The van der Waals surface area contributed by atoms with Gasteiger partial charge in [-0.1, -0.05) is 28.1 Å². The van der Waals surface area contributed by atoms with E-state index in [0.717, 1.165) is 10.0 Å². The quantitative estimate of drug-likeness (QED) is 0.683. The normalized spacial score (nSPS) is 10.1. The van der Waals surface area contributed by atoms with Crippen LogP contribution < -0.4 is 5.32 Å². The van der Waals surface area contributed by atoms with Gasteiger partial charge in [-0.25, -0.2) is 0 Å². The van der Waals surface area contributed by atoms with E-state index >= 15 is 0 Å². The molecule has 0 radical (unpaired) electrons. The molecule has 0 bridgehead atoms. The van der Waals surface area contributed by atoms with Crippen molar-refractivity contribution in [1.29, 1.82) is 0 Å². The average molecular weight is 335 g/mol. The molecule has 0 unspecified atom stereocenters. The van der Waals surface area contributed by atoms with Gasteiger partial charge in [0.05, 0.1) is 4.92 Å². The number of para-hydroxylation sites is 1. The van der Waals surface area contributed by atoms with Crippen LogP contribution in [0.5, 0.6) is 0 Å². The first-order valence-electron chi connectivity index (χ1n) is 5.79. The minimum absolute atomic E-state index is 0.0372. The summed E-state index contributed by atoms with van der Waals surface area (Å²) in [6.07, 6.45) is 0. The third kappa shape index (κ3) is 3.21. The smallest absolute Gasteiger partial charge is 0.282 e. The molecule has 0 heterocycles. The molecule has 2 aromatic rings. The number of benzene rings is 2. The number of carbonyl (C=O) groups excluding carboxylic acids is 1. The summed E-state index contributed by atoms with van der Waals surface area (Å²) in [6, 6.07) is 11.3. The summed E-state index contributed by atoms with van der Waals surface area (Å²) in [4.78, 5) is 22.5. The number of halogens is 1. The lowest BCUT2D eigenvalue weighted by Gasteiger charge is -2.07. The summed E-state index contributed by atoms with van der Waals surface area (Å²) in [7, 11) is 0. The Hall–Kier alpha value is -2.21. The number of nitrogens with one attached hydrogen (secondary N) is 1. The molecule has 0 aliphatic rings. The second-order valence-electron chi connectivity index (χ2n) is 4.25. The first kappa shape index (κ1) is 14.2. The number of rotatable bonds is 3. The molecule has 1 N–H and O–H groups in total. The number of hydrogen-bond donors (Lipinski definition) is 1. The number of aryl methyl sites for hydroxylation is 1. The summed E-state index contributed by atoms with van der Waals surface area (Å²) >= 11 is 3.34. The van der Waals surface area contributed by atoms with Crippen LogP contribution >= 0.6 is 15.9 Å². The zero-order valence-corrected chi connectivity index (χ0v) is 12.2. The Morgan fingerprint density at radius 1 is 1.25 bits per heavy atom. The summed E-state index contributed by atoms with van der Waals surface area (Å²) < 4.78 is 0.829. The fourth-order valence-electron chi connectivity index (χ4n) is 1.83. The summed E-state index contributed by atoms with van der Waals surface area (Å²) in [5.41, 5.74) is 1.38. The molecule has 0 saturated heterocycles. The number of anilines is 1. The molecule has 102 valence electrons. The molecule has 0 aromatic heterocycles. The highest BCUT2D eigenvalue weighted by Crippen LogP contribution is 2.22. The van der Waals surface area contributed by atoms with E-state index in [2.05, 4.69) is 21.2 Å². The Morgan fingerprint density at radius 2 is 1.95 bits per heavy atom. The average Bonchev–Trinajstić information content (AvgIpc) is 2.37. The predicted octanol–water partition coefficient (Wildman–Crippen LogP) is 3.92. The minimum Gasteiger partial charge on any atom is -0.322 e. The van der Waals surface area contributed by atoms with Crippen LogP contribution in [0.3, 0.4) is 0 Å². The Morgan fingerprint density at radius 3 is 2.60 bits per heavy atom. The lowest BCUT2D eigenvalue weighted by Crippen LogP contribution is -2.13. The molecule has 0 saturated carbocycles. The number of nitro groups is 1. The zero-order valence-electron chi connectivity index (χ0n) is 10.6. The van der Waals surface area contributed by atoms with E-state index in [1.165, 1.54) is 18.2 Å². The Labute approximate surface area is 123 Å². The topological polar surface area (TPSA) is 72.2 Å². The van der Waals surface area contributed by atoms with Crippen molar-refractivity contribution < 1.29 is 9.72 Å². The van der Waals surface area contributed by atoms with Gasteiger partial charge < -0.3 is 5.32 Å². The van der Waals surface area contributed by atoms with Crippen LogP contribution in [0.15, 0.2) is 46.9 Å². The molecular formula is C14H11BrN2O3. The van der Waals surface area contributed by atoms with Crippen molar-refractivity contribution in [3.05, 3.63) is 68.2 Å². The van der Waals surface area contributed by atoms with Gasteiger partial charge in [0.1, 0.15) is 5.56 Å². The van der Waals surface area contributed by atoms with E-state index in [4.69, 9.17) is 0 Å². The summed E-state index contributed by atoms with van der Waals surface area (Å²) in [5.74, 6) is -0.505. The predicted molar refractivity (Wildman–Crippen MR) is 79.9 cm³/mol. The van der Waals surface area contributed by atoms with E-state index in [0.29, 0.717) is 5.69 Å². The number of carbonyl (C=O) groups is 1. The van der Waals surface area contributed by atoms with Gasteiger partial charge in [-0.15, -0.1) is 0 Å². The van der Waals surface area contributed by atoms with Crippen molar-refractivity contribution >= 4 is 33.2 Å². The van der Waals surface area contributed by atoms with E-state index in [-0.39, 0.29) is 11.3 Å². The standard InChI is InChI=1S/C14H11BrN2O3/c1-9-6-10(15)8-11(7-9)16-14(18)12-4-2-3-5-13(12)17(19)20/h2-8H,1H3,(H,16,18). The molecule has 1 amide bonds. The second kappa shape index (κ2) is 5.83. The van der Waals surface area contributed by atoms with Crippen LogP contribution in [-0.2, 0) is 0 Å². The summed E-state index contributed by atoms with van der Waals surface area (Å²) in [6.45, 7) is 1.89. The Kier molecular flexibility index (Phi) is 4.14. The van der Waals surface area contributed by atoms with Crippen molar-refractivity contribution in [3.8, 4) is 0 Å². The molecule has 0 aliphatic carbocycles. The molecular weight excluding hydrogens is 324 g/mol. The maximum absolute atomic E-state index is 12.1. The molecule has 6 heteroatoms. The molecule has 20 heavy (non-hydrogen) atoms. The van der Waals surface area contributed by atoms with Gasteiger partial charge in [0.25, 0.3) is 11.6 Å². The summed E-state index contributed by atoms with van der Waals surface area (Å²) in [5, 5.41) is 13.6. The van der Waals surface area contributed by atoms with E-state index in [1.54, 1.807) is 18.2 Å². The van der Waals surface area contributed by atoms with Gasteiger partial charge in [0.15, 0.2) is 0 Å². The van der Waals surface area contributed by atoms with Gasteiger partial charge in [-0.3, -0.25) is 14.9 Å². The Bertz CT molecular complexity index is 666. The highest BCUT2D eigenvalue weighted by molar-refractivity contribution is 9.10. The molecule has 0 atom stereocenters. The van der Waals surface area contributed by atoms with E-state index in [1.807, 2.05) is 13.0 Å². The van der Waals surface area contributed by atoms with Crippen LogP contribution in [0.2, 0.25) is 0 Å². The van der Waals surface area contributed by atoms with Gasteiger partial charge in [-0.2, -0.15) is 0 Å². The lowest BCUT2D eigenvalue weighted by molar-refractivity contribution is -0.385. The first-order valence-corrected chi connectivity index (χ1v) is 6.58. The van der Waals surface area contributed by atoms with Crippen LogP contribution in [-0.4, -0.2) is 10.8 Å². The van der Waals surface area contributed by atoms with Crippen molar-refractivity contribution in [2.24, 2.45) is 0 Å². The molecule has 0 spiro atoms. The van der Waals surface area contributed by atoms with Crippen molar-refractivity contribution in [2.75, 3.05) is 5.32 Å². The molecule has 0 aliphatic heterocycles. The monoisotopic (exact) mass is 334 g/mol. The molecule has 5 nitrogen and oxygen atoms in total. The van der Waals surface area contributed by atoms with Crippen LogP contribution in [0, 0.1) is 17.0 Å². The number of hydrogen-bond acceptors (Lipinski definition) is 3. The zero-order chi connectivity index (χ0) is 14.7. The molecule has 2 aromatic carbocycles. The molecule has 2 rings (SSSR count). The number of nitrogens with zero attached hydrogens (tertiary/aromatic N) is 1. The van der Waals surface area contributed by atoms with Crippen LogP contribution in [0.4, 0.5) is 11.4 Å². The van der Waals surface area contributed by atoms with Crippen molar-refractivity contribution in [3.63, 3.8) is 0 Å². The minimum atomic E-state index is -0.568. The SMILES string of the molecule is Cc1cc(Br)cc(NC(=O)c2ccccc2[N+](=O)[O-])c1. The number of amides is 1. The number of nitro benzene ring substituents is 1. The molecule has 0 fully saturated rings. The maximum Gasteiger partial charge on any atom is 0.282 e. The third-order valence-corrected chi connectivity index (χ3v) is 3.10. The maximum atomic E-state index is 12.1. The van der Waals surface area contributed by atoms with Gasteiger partial charge >= 0.3 is 0 Å². The second-order valence-corrected chi connectivity index (χ2v) is 5.16. The Balaban J connectivity index is 2.31. The lowest BCUT2D eigenvalue weighted by atomic mass is 10.1. The largest absolute Gasteiger partial charge is 0.322 e. The van der Waals surface area contributed by atoms with Gasteiger partial charge in [0, 0.05) is 16.2 Å².